The van der Waals surface area contributed by atoms with Crippen LogP contribution in [0.2, 0.25) is 0 Å². The van der Waals surface area contributed by atoms with Crippen LogP contribution in [0.15, 0.2) is 0 Å². The van der Waals surface area contributed by atoms with E-state index in [0.29, 0.717) is 5.41 Å². The molecule has 0 saturated heterocycles. The second kappa shape index (κ2) is 2.91. The molecule has 0 unspecified atom stereocenters. The van der Waals surface area contributed by atoms with Crippen LogP contribution in [0.5, 0.6) is 0 Å². The Morgan fingerprint density at radius 1 is 1.40 bits per heavy atom. The Bertz CT molecular complexity index is 103. The van der Waals surface area contributed by atoms with Crippen LogP contribution in [0.25, 0.3) is 0 Å². The first kappa shape index (κ1) is 8.06. The predicted molar refractivity (Wildman–Crippen MR) is 45.0 cm³/mol. The lowest BCUT2D eigenvalue weighted by Gasteiger charge is -2.11. The number of nitrogens with one attached hydrogen (secondary N) is 1. The second-order valence-corrected chi connectivity index (χ2v) is 4.34. The highest BCUT2D eigenvalue weighted by molar-refractivity contribution is 4.90. The van der Waals surface area contributed by atoms with Gasteiger partial charge in [-0.2, -0.15) is 0 Å². The monoisotopic (exact) mass is 141 g/mol. The zero-order valence-corrected chi connectivity index (χ0v) is 7.41. The van der Waals surface area contributed by atoms with E-state index in [-0.39, 0.29) is 0 Å². The van der Waals surface area contributed by atoms with Gasteiger partial charge in [-0.05, 0) is 30.7 Å². The number of rotatable bonds is 4. The molecule has 0 spiro atoms. The Balaban J connectivity index is 1.95. The first-order chi connectivity index (χ1) is 4.62. The van der Waals surface area contributed by atoms with E-state index in [4.69, 9.17) is 0 Å². The average molecular weight is 141 g/mol. The fraction of sp³-hybridized carbons (Fsp3) is 1.00. The van der Waals surface area contributed by atoms with Crippen molar-refractivity contribution in [1.29, 1.82) is 0 Å². The summed E-state index contributed by atoms with van der Waals surface area (Å²) in [6, 6.07) is 0. The van der Waals surface area contributed by atoms with E-state index in [1.807, 2.05) is 0 Å². The van der Waals surface area contributed by atoms with Gasteiger partial charge in [-0.1, -0.05) is 20.8 Å². The molecular weight excluding hydrogens is 122 g/mol. The van der Waals surface area contributed by atoms with Crippen molar-refractivity contribution in [1.82, 2.24) is 5.32 Å². The molecule has 0 radical (unpaired) electrons. The van der Waals surface area contributed by atoms with Crippen molar-refractivity contribution in [3.63, 3.8) is 0 Å². The van der Waals surface area contributed by atoms with Crippen LogP contribution in [0.4, 0.5) is 0 Å². The molecule has 1 aliphatic carbocycles. The van der Waals surface area contributed by atoms with Crippen LogP contribution in [-0.4, -0.2) is 13.1 Å². The van der Waals surface area contributed by atoms with Gasteiger partial charge in [0.15, 0.2) is 0 Å². The van der Waals surface area contributed by atoms with Gasteiger partial charge in [0.1, 0.15) is 0 Å². The Morgan fingerprint density at radius 2 is 2.00 bits per heavy atom. The third-order valence-corrected chi connectivity index (χ3v) is 2.21. The van der Waals surface area contributed by atoms with E-state index in [2.05, 4.69) is 26.1 Å². The number of hydrogen-bond donors (Lipinski definition) is 1. The molecule has 1 nitrogen and oxygen atoms in total. The minimum atomic E-state index is 0.675. The Hall–Kier alpha value is -0.0400. The van der Waals surface area contributed by atoms with Crippen molar-refractivity contribution >= 4 is 0 Å². The summed E-state index contributed by atoms with van der Waals surface area (Å²) in [6.07, 6.45) is 2.86. The first-order valence-electron chi connectivity index (χ1n) is 4.33. The lowest BCUT2D eigenvalue weighted by molar-refractivity contribution is 0.464. The quantitative estimate of drug-likeness (QED) is 0.631. The van der Waals surface area contributed by atoms with E-state index in [1.54, 1.807) is 0 Å². The maximum Gasteiger partial charge on any atom is 0.000528 e. The normalized spacial score (nSPS) is 21.6. The van der Waals surface area contributed by atoms with Gasteiger partial charge in [0, 0.05) is 6.54 Å². The Kier molecular flexibility index (Phi) is 2.35. The summed E-state index contributed by atoms with van der Waals surface area (Å²) in [5.74, 6) is 0.794. The molecule has 0 bridgehead atoms. The summed E-state index contributed by atoms with van der Waals surface area (Å²) in [4.78, 5) is 0. The minimum Gasteiger partial charge on any atom is -0.316 e. The van der Waals surface area contributed by atoms with Gasteiger partial charge < -0.3 is 5.32 Å². The molecule has 1 heteroatoms. The van der Waals surface area contributed by atoms with Crippen molar-refractivity contribution in [3.8, 4) is 0 Å². The highest BCUT2D eigenvalue weighted by Crippen LogP contribution is 2.43. The third-order valence-electron chi connectivity index (χ3n) is 2.21. The zero-order chi connectivity index (χ0) is 7.61. The topological polar surface area (TPSA) is 12.0 Å². The molecule has 0 amide bonds. The summed E-state index contributed by atoms with van der Waals surface area (Å²) in [6.45, 7) is 9.27. The predicted octanol–water partition coefficient (Wildman–Crippen LogP) is 2.03. The molecule has 60 valence electrons. The summed E-state index contributed by atoms with van der Waals surface area (Å²) in [7, 11) is 0. The van der Waals surface area contributed by atoms with E-state index in [0.717, 1.165) is 5.92 Å². The molecule has 1 fully saturated rings. The molecule has 1 aliphatic rings. The summed E-state index contributed by atoms with van der Waals surface area (Å²) in [5.41, 5.74) is 0.675. The van der Waals surface area contributed by atoms with Gasteiger partial charge >= 0.3 is 0 Å². The minimum absolute atomic E-state index is 0.675. The van der Waals surface area contributed by atoms with Gasteiger partial charge in [0.25, 0.3) is 0 Å². The fourth-order valence-corrected chi connectivity index (χ4v) is 1.05. The maximum atomic E-state index is 3.49. The third kappa shape index (κ3) is 2.70. The molecule has 0 aliphatic heterocycles. The SMILES string of the molecule is CC(C)CNCC1(C)CC1. The maximum absolute atomic E-state index is 3.49. The van der Waals surface area contributed by atoms with Gasteiger partial charge in [-0.15, -0.1) is 0 Å². The number of hydrogen-bond acceptors (Lipinski definition) is 1. The van der Waals surface area contributed by atoms with E-state index in [1.165, 1.54) is 25.9 Å². The van der Waals surface area contributed by atoms with E-state index in [9.17, 15) is 0 Å². The van der Waals surface area contributed by atoms with Crippen molar-refractivity contribution < 1.29 is 0 Å². The van der Waals surface area contributed by atoms with Crippen LogP contribution >= 0.6 is 0 Å². The van der Waals surface area contributed by atoms with E-state index < -0.39 is 0 Å². The van der Waals surface area contributed by atoms with Crippen molar-refractivity contribution in [2.45, 2.75) is 33.6 Å². The van der Waals surface area contributed by atoms with Crippen molar-refractivity contribution in [2.24, 2.45) is 11.3 Å². The molecule has 1 rings (SSSR count). The van der Waals surface area contributed by atoms with E-state index >= 15 is 0 Å². The standard InChI is InChI=1S/C9H19N/c1-8(2)6-10-7-9(3)4-5-9/h8,10H,4-7H2,1-3H3. The fourth-order valence-electron chi connectivity index (χ4n) is 1.05. The molecular formula is C9H19N. The molecule has 0 aromatic rings. The molecule has 0 aromatic heterocycles. The van der Waals surface area contributed by atoms with Crippen LogP contribution < -0.4 is 5.32 Å². The second-order valence-electron chi connectivity index (χ2n) is 4.34. The Labute approximate surface area is 64.2 Å². The smallest absolute Gasteiger partial charge is 0.000528 e. The summed E-state index contributed by atoms with van der Waals surface area (Å²) in [5, 5.41) is 3.49. The molecule has 0 heterocycles. The van der Waals surface area contributed by atoms with Crippen molar-refractivity contribution in [3.05, 3.63) is 0 Å². The Morgan fingerprint density at radius 3 is 2.40 bits per heavy atom. The van der Waals surface area contributed by atoms with Gasteiger partial charge in [-0.3, -0.25) is 0 Å². The zero-order valence-electron chi connectivity index (χ0n) is 7.41. The first-order valence-corrected chi connectivity index (χ1v) is 4.33. The highest BCUT2D eigenvalue weighted by Gasteiger charge is 2.36. The molecule has 0 aromatic carbocycles. The lowest BCUT2D eigenvalue weighted by atomic mass is 10.1. The van der Waals surface area contributed by atoms with Crippen LogP contribution in [0, 0.1) is 11.3 Å². The van der Waals surface area contributed by atoms with Gasteiger partial charge in [0.2, 0.25) is 0 Å². The van der Waals surface area contributed by atoms with Crippen molar-refractivity contribution in [2.75, 3.05) is 13.1 Å². The van der Waals surface area contributed by atoms with Crippen LogP contribution in [0.1, 0.15) is 33.6 Å². The summed E-state index contributed by atoms with van der Waals surface area (Å²) < 4.78 is 0. The largest absolute Gasteiger partial charge is 0.316 e. The average Bonchev–Trinajstić information content (AvgIpc) is 2.47. The molecule has 1 N–H and O–H groups in total. The summed E-state index contributed by atoms with van der Waals surface area (Å²) >= 11 is 0. The molecule has 10 heavy (non-hydrogen) atoms. The molecule has 1 saturated carbocycles. The van der Waals surface area contributed by atoms with Gasteiger partial charge in [-0.25, -0.2) is 0 Å². The highest BCUT2D eigenvalue weighted by atomic mass is 14.9. The molecule has 0 atom stereocenters. The van der Waals surface area contributed by atoms with Crippen LogP contribution in [-0.2, 0) is 0 Å². The van der Waals surface area contributed by atoms with Gasteiger partial charge in [0.05, 0.1) is 0 Å². The lowest BCUT2D eigenvalue weighted by Crippen LogP contribution is -2.25. The van der Waals surface area contributed by atoms with Crippen LogP contribution in [0.3, 0.4) is 0 Å².